The number of benzene rings is 2. The number of carbonyl (C=O) groups excluding carboxylic acids is 1. The number of halogens is 1. The molecule has 1 amide bonds. The Kier molecular flexibility index (Phi) is 4.25. The fourth-order valence-corrected chi connectivity index (χ4v) is 2.68. The van der Waals surface area contributed by atoms with Crippen LogP contribution in [0.2, 0.25) is 0 Å². The van der Waals surface area contributed by atoms with E-state index in [4.69, 9.17) is 4.74 Å². The molecule has 3 rings (SSSR count). The minimum Gasteiger partial charge on any atom is -0.489 e. The molecular weight excluding hydrogens is 330 g/mol. The molecule has 0 aliphatic carbocycles. The summed E-state index contributed by atoms with van der Waals surface area (Å²) in [5.74, 6) is 0.782. The maximum Gasteiger partial charge on any atom is 0.254 e. The molecule has 0 bridgehead atoms. The Morgan fingerprint density at radius 2 is 1.90 bits per heavy atom. The first-order valence-corrected chi connectivity index (χ1v) is 7.78. The van der Waals surface area contributed by atoms with Gasteiger partial charge in [0.2, 0.25) is 0 Å². The van der Waals surface area contributed by atoms with Gasteiger partial charge in [0.15, 0.2) is 0 Å². The second kappa shape index (κ2) is 6.31. The molecule has 0 unspecified atom stereocenters. The van der Waals surface area contributed by atoms with Crippen LogP contribution in [0.1, 0.15) is 22.3 Å². The molecule has 21 heavy (non-hydrogen) atoms. The lowest BCUT2D eigenvalue weighted by molar-refractivity contribution is 0.0651. The Morgan fingerprint density at radius 1 is 1.14 bits per heavy atom. The minimum atomic E-state index is 0.0760. The van der Waals surface area contributed by atoms with E-state index in [-0.39, 0.29) is 5.91 Å². The molecule has 0 aromatic heterocycles. The maximum atomic E-state index is 12.3. The number of ether oxygens (including phenoxy) is 1. The summed E-state index contributed by atoms with van der Waals surface area (Å²) in [5.41, 5.74) is 1.78. The molecule has 1 aliphatic heterocycles. The van der Waals surface area contributed by atoms with Crippen LogP contribution in [0.25, 0.3) is 0 Å². The van der Waals surface area contributed by atoms with Crippen LogP contribution < -0.4 is 4.74 Å². The molecule has 2 aromatic carbocycles. The first-order valence-electron chi connectivity index (χ1n) is 6.99. The Hall–Kier alpha value is -1.81. The molecule has 4 heteroatoms. The molecule has 0 spiro atoms. The maximum absolute atomic E-state index is 12.3. The zero-order chi connectivity index (χ0) is 14.7. The molecule has 108 valence electrons. The topological polar surface area (TPSA) is 29.5 Å². The number of amides is 1. The number of carbonyl (C=O) groups is 1. The fraction of sp³-hybridized carbons (Fsp3) is 0.235. The third-order valence-corrected chi connectivity index (χ3v) is 3.97. The molecule has 1 fully saturated rings. The third-order valence-electron chi connectivity index (χ3n) is 3.51. The zero-order valence-corrected chi connectivity index (χ0v) is 13.2. The lowest BCUT2D eigenvalue weighted by atomic mass is 10.1. The van der Waals surface area contributed by atoms with Gasteiger partial charge >= 0.3 is 0 Å². The predicted molar refractivity (Wildman–Crippen MR) is 85.4 cm³/mol. The summed E-state index contributed by atoms with van der Waals surface area (Å²) in [4.78, 5) is 14.1. The average Bonchev–Trinajstić information content (AvgIpc) is 2.44. The van der Waals surface area contributed by atoms with Gasteiger partial charge in [0.25, 0.3) is 5.91 Å². The molecule has 1 aliphatic rings. The van der Waals surface area contributed by atoms with Crippen molar-refractivity contribution in [2.75, 3.05) is 13.1 Å². The first kappa shape index (κ1) is 14.1. The van der Waals surface area contributed by atoms with Gasteiger partial charge in [-0.1, -0.05) is 46.3 Å². The molecule has 1 saturated heterocycles. The Labute approximate surface area is 132 Å². The van der Waals surface area contributed by atoms with E-state index in [2.05, 4.69) is 15.9 Å². The molecule has 0 N–H and O–H groups in total. The number of hydrogen-bond donors (Lipinski definition) is 0. The molecule has 0 radical (unpaired) electrons. The van der Waals surface area contributed by atoms with E-state index in [1.807, 2.05) is 53.4 Å². The SMILES string of the molecule is O=C(c1cc(Br)cc(OCc2ccccc2)c1)N1CCC1. The van der Waals surface area contributed by atoms with E-state index < -0.39 is 0 Å². The van der Waals surface area contributed by atoms with Gasteiger partial charge < -0.3 is 9.64 Å². The van der Waals surface area contributed by atoms with Crippen LogP contribution in [0.5, 0.6) is 5.75 Å². The van der Waals surface area contributed by atoms with Gasteiger partial charge in [0.05, 0.1) is 0 Å². The van der Waals surface area contributed by atoms with E-state index in [0.717, 1.165) is 29.5 Å². The van der Waals surface area contributed by atoms with Crippen LogP contribution in [0.15, 0.2) is 53.0 Å². The van der Waals surface area contributed by atoms with Crippen LogP contribution in [0.3, 0.4) is 0 Å². The second-order valence-electron chi connectivity index (χ2n) is 5.10. The lowest BCUT2D eigenvalue weighted by Crippen LogP contribution is -2.42. The number of likely N-dealkylation sites (tertiary alicyclic amines) is 1. The van der Waals surface area contributed by atoms with Gasteiger partial charge in [-0.05, 0) is 30.2 Å². The standard InChI is InChI=1S/C17H16BrNO2/c18-15-9-14(17(20)19-7-4-8-19)10-16(11-15)21-12-13-5-2-1-3-6-13/h1-3,5-6,9-11H,4,7-8,12H2. The van der Waals surface area contributed by atoms with Crippen molar-refractivity contribution in [2.24, 2.45) is 0 Å². The van der Waals surface area contributed by atoms with E-state index in [0.29, 0.717) is 17.9 Å². The molecule has 1 heterocycles. The highest BCUT2D eigenvalue weighted by Gasteiger charge is 2.22. The number of rotatable bonds is 4. The van der Waals surface area contributed by atoms with Gasteiger partial charge in [-0.3, -0.25) is 4.79 Å². The van der Waals surface area contributed by atoms with Crippen molar-refractivity contribution >= 4 is 21.8 Å². The highest BCUT2D eigenvalue weighted by Crippen LogP contribution is 2.24. The average molecular weight is 346 g/mol. The summed E-state index contributed by atoms with van der Waals surface area (Å²) in [6, 6.07) is 15.5. The number of hydrogen-bond acceptors (Lipinski definition) is 2. The monoisotopic (exact) mass is 345 g/mol. The van der Waals surface area contributed by atoms with Crippen LogP contribution in [-0.4, -0.2) is 23.9 Å². The van der Waals surface area contributed by atoms with E-state index >= 15 is 0 Å². The molecule has 3 nitrogen and oxygen atoms in total. The summed E-state index contributed by atoms with van der Waals surface area (Å²) in [6.07, 6.45) is 1.09. The Bertz CT molecular complexity index is 638. The normalized spacial score (nSPS) is 13.7. The third kappa shape index (κ3) is 3.45. The Balaban J connectivity index is 1.73. The van der Waals surface area contributed by atoms with E-state index in [1.165, 1.54) is 0 Å². The number of nitrogens with zero attached hydrogens (tertiary/aromatic N) is 1. The highest BCUT2D eigenvalue weighted by atomic mass is 79.9. The van der Waals surface area contributed by atoms with Crippen LogP contribution in [-0.2, 0) is 6.61 Å². The predicted octanol–water partition coefficient (Wildman–Crippen LogP) is 3.87. The summed E-state index contributed by atoms with van der Waals surface area (Å²) >= 11 is 3.45. The summed E-state index contributed by atoms with van der Waals surface area (Å²) in [6.45, 7) is 2.20. The van der Waals surface area contributed by atoms with Crippen molar-refractivity contribution in [3.8, 4) is 5.75 Å². The summed E-state index contributed by atoms with van der Waals surface area (Å²) < 4.78 is 6.65. The Morgan fingerprint density at radius 3 is 2.57 bits per heavy atom. The fourth-order valence-electron chi connectivity index (χ4n) is 2.21. The van der Waals surface area contributed by atoms with E-state index in [1.54, 1.807) is 0 Å². The van der Waals surface area contributed by atoms with Gasteiger partial charge in [-0.2, -0.15) is 0 Å². The van der Waals surface area contributed by atoms with Crippen LogP contribution in [0, 0.1) is 0 Å². The van der Waals surface area contributed by atoms with Gasteiger partial charge in [-0.15, -0.1) is 0 Å². The minimum absolute atomic E-state index is 0.0760. The smallest absolute Gasteiger partial charge is 0.254 e. The lowest BCUT2D eigenvalue weighted by Gasteiger charge is -2.31. The summed E-state index contributed by atoms with van der Waals surface area (Å²) in [7, 11) is 0. The second-order valence-corrected chi connectivity index (χ2v) is 6.01. The molecule has 0 atom stereocenters. The summed E-state index contributed by atoms with van der Waals surface area (Å²) in [5, 5.41) is 0. The molecular formula is C17H16BrNO2. The van der Waals surface area contributed by atoms with Crippen molar-refractivity contribution < 1.29 is 9.53 Å². The quantitative estimate of drug-likeness (QED) is 0.841. The van der Waals surface area contributed by atoms with Gasteiger partial charge in [-0.25, -0.2) is 0 Å². The highest BCUT2D eigenvalue weighted by molar-refractivity contribution is 9.10. The van der Waals surface area contributed by atoms with E-state index in [9.17, 15) is 4.79 Å². The largest absolute Gasteiger partial charge is 0.489 e. The van der Waals surface area contributed by atoms with Crippen molar-refractivity contribution in [3.05, 3.63) is 64.1 Å². The molecule has 0 saturated carbocycles. The first-order chi connectivity index (χ1) is 10.2. The van der Waals surface area contributed by atoms with Crippen molar-refractivity contribution in [3.63, 3.8) is 0 Å². The van der Waals surface area contributed by atoms with Crippen molar-refractivity contribution in [1.29, 1.82) is 0 Å². The van der Waals surface area contributed by atoms with Crippen LogP contribution >= 0.6 is 15.9 Å². The van der Waals surface area contributed by atoms with Crippen molar-refractivity contribution in [2.45, 2.75) is 13.0 Å². The molecule has 2 aromatic rings. The van der Waals surface area contributed by atoms with Crippen molar-refractivity contribution in [1.82, 2.24) is 4.90 Å². The van der Waals surface area contributed by atoms with Crippen LogP contribution in [0.4, 0.5) is 0 Å². The van der Waals surface area contributed by atoms with Gasteiger partial charge in [0.1, 0.15) is 12.4 Å². The zero-order valence-electron chi connectivity index (χ0n) is 11.6. The van der Waals surface area contributed by atoms with Gasteiger partial charge in [0, 0.05) is 23.1 Å².